The molecule has 1 heterocycles. The van der Waals surface area contributed by atoms with E-state index in [-0.39, 0.29) is 0 Å². The number of methoxy groups -OCH3 is 1. The Bertz CT molecular complexity index is 333. The third kappa shape index (κ3) is 4.60. The van der Waals surface area contributed by atoms with Crippen LogP contribution in [0.2, 0.25) is 19.6 Å². The molecule has 0 amide bonds. The van der Waals surface area contributed by atoms with Crippen LogP contribution in [-0.4, -0.2) is 25.4 Å². The lowest BCUT2D eigenvalue weighted by atomic mass is 10.4. The van der Waals surface area contributed by atoms with Crippen molar-refractivity contribution in [3.8, 4) is 0 Å². The van der Waals surface area contributed by atoms with Gasteiger partial charge in [-0.15, -0.1) is 0 Å². The zero-order valence-electron chi connectivity index (χ0n) is 9.52. The maximum Gasteiger partial charge on any atom is 0.267 e. The summed E-state index contributed by atoms with van der Waals surface area (Å²) in [5.41, 5.74) is 0.729. The molecule has 1 aromatic heterocycles. The molecule has 82 valence electrons. The van der Waals surface area contributed by atoms with Gasteiger partial charge in [-0.3, -0.25) is 9.97 Å². The maximum atomic E-state index is 5.70. The molecular weight excluding hydrogens is 208 g/mol. The molecule has 0 radical (unpaired) electrons. The Kier molecular flexibility index (Phi) is 3.85. The summed E-state index contributed by atoms with van der Waals surface area (Å²) < 4.78 is 10.8. The zero-order chi connectivity index (χ0) is 11.3. The van der Waals surface area contributed by atoms with E-state index in [1.54, 1.807) is 31.8 Å². The fourth-order valence-electron chi connectivity index (χ4n) is 0.938. The summed E-state index contributed by atoms with van der Waals surface area (Å²) >= 11 is 0. The Morgan fingerprint density at radius 3 is 2.53 bits per heavy atom. The second kappa shape index (κ2) is 4.93. The van der Waals surface area contributed by atoms with Crippen LogP contribution in [0.5, 0.6) is 0 Å². The van der Waals surface area contributed by atoms with Gasteiger partial charge in [-0.05, 0) is 19.6 Å². The molecular formula is C10H16N2O2Si. The van der Waals surface area contributed by atoms with Crippen molar-refractivity contribution in [2.24, 2.45) is 0 Å². The highest BCUT2D eigenvalue weighted by molar-refractivity contribution is 6.70. The summed E-state index contributed by atoms with van der Waals surface area (Å²) in [5.74, 6) is 0.495. The van der Waals surface area contributed by atoms with E-state index in [4.69, 9.17) is 9.16 Å². The highest BCUT2D eigenvalue weighted by atomic mass is 28.4. The minimum Gasteiger partial charge on any atom is -0.520 e. The van der Waals surface area contributed by atoms with Gasteiger partial charge in [-0.1, -0.05) is 0 Å². The van der Waals surface area contributed by atoms with Gasteiger partial charge in [0.15, 0.2) is 0 Å². The van der Waals surface area contributed by atoms with Crippen molar-refractivity contribution >= 4 is 14.4 Å². The lowest BCUT2D eigenvalue weighted by molar-refractivity contribution is 0.152. The van der Waals surface area contributed by atoms with Gasteiger partial charge in [0.25, 0.3) is 5.95 Å². The van der Waals surface area contributed by atoms with Crippen LogP contribution in [0.15, 0.2) is 24.5 Å². The van der Waals surface area contributed by atoms with Crippen LogP contribution in [0, 0.1) is 0 Å². The van der Waals surface area contributed by atoms with Crippen LogP contribution in [-0.2, 0) is 9.16 Å². The molecule has 1 aromatic rings. The average Bonchev–Trinajstić information content (AvgIpc) is 2.16. The largest absolute Gasteiger partial charge is 0.520 e. The first-order chi connectivity index (χ1) is 7.01. The Hall–Kier alpha value is -1.36. The van der Waals surface area contributed by atoms with Crippen molar-refractivity contribution in [3.05, 3.63) is 30.2 Å². The molecule has 0 N–H and O–H groups in total. The molecule has 0 aromatic carbocycles. The quantitative estimate of drug-likeness (QED) is 0.581. The van der Waals surface area contributed by atoms with Crippen LogP contribution < -0.4 is 0 Å². The molecule has 1 rings (SSSR count). The van der Waals surface area contributed by atoms with E-state index in [1.807, 2.05) is 0 Å². The van der Waals surface area contributed by atoms with E-state index in [1.165, 1.54) is 0 Å². The molecule has 0 aliphatic heterocycles. The summed E-state index contributed by atoms with van der Waals surface area (Å²) in [4.78, 5) is 8.07. The van der Waals surface area contributed by atoms with E-state index < -0.39 is 8.32 Å². The number of hydrogen-bond donors (Lipinski definition) is 0. The van der Waals surface area contributed by atoms with Crippen molar-refractivity contribution in [2.45, 2.75) is 19.6 Å². The Morgan fingerprint density at radius 1 is 1.33 bits per heavy atom. The van der Waals surface area contributed by atoms with Gasteiger partial charge in [-0.25, -0.2) is 0 Å². The Balaban J connectivity index is 2.79. The molecule has 5 heteroatoms. The first-order valence-electron chi connectivity index (χ1n) is 4.72. The van der Waals surface area contributed by atoms with Gasteiger partial charge >= 0.3 is 0 Å². The molecule has 0 unspecified atom stereocenters. The highest BCUT2D eigenvalue weighted by Gasteiger charge is 2.18. The molecule has 0 saturated heterocycles. The number of rotatable bonds is 4. The Labute approximate surface area is 91.1 Å². The van der Waals surface area contributed by atoms with Crippen LogP contribution in [0.25, 0.3) is 6.08 Å². The second-order valence-corrected chi connectivity index (χ2v) is 8.44. The van der Waals surface area contributed by atoms with Crippen molar-refractivity contribution < 1.29 is 9.16 Å². The maximum absolute atomic E-state index is 5.70. The van der Waals surface area contributed by atoms with E-state index in [0.29, 0.717) is 5.95 Å². The van der Waals surface area contributed by atoms with Crippen LogP contribution >= 0.6 is 0 Å². The van der Waals surface area contributed by atoms with Crippen molar-refractivity contribution in [1.82, 2.24) is 9.97 Å². The highest BCUT2D eigenvalue weighted by Crippen LogP contribution is 2.13. The zero-order valence-corrected chi connectivity index (χ0v) is 10.5. The van der Waals surface area contributed by atoms with Gasteiger partial charge in [-0.2, -0.15) is 0 Å². The second-order valence-electron chi connectivity index (χ2n) is 4.01. The molecule has 0 atom stereocenters. The van der Waals surface area contributed by atoms with Crippen molar-refractivity contribution in [1.29, 1.82) is 0 Å². The standard InChI is InChI=1S/C10H16N2O2Si/c1-13-10(14-15(2,3)4)7-9-8-11-5-6-12-9/h5-8H,1-4H3. The minimum atomic E-state index is -1.64. The van der Waals surface area contributed by atoms with Gasteiger partial charge in [0, 0.05) is 18.5 Å². The normalized spacial score (nSPS) is 12.4. The lowest BCUT2D eigenvalue weighted by Crippen LogP contribution is -2.25. The smallest absolute Gasteiger partial charge is 0.267 e. The van der Waals surface area contributed by atoms with Gasteiger partial charge in [0.2, 0.25) is 8.32 Å². The summed E-state index contributed by atoms with van der Waals surface area (Å²) in [6.45, 7) is 6.28. The molecule has 0 fully saturated rings. The summed E-state index contributed by atoms with van der Waals surface area (Å²) in [6, 6.07) is 0. The molecule has 0 aliphatic carbocycles. The van der Waals surface area contributed by atoms with Crippen LogP contribution in [0.1, 0.15) is 5.69 Å². The SMILES string of the molecule is COC(=Cc1cnccn1)O[Si](C)(C)C. The third-order valence-corrected chi connectivity index (χ3v) is 2.27. The van der Waals surface area contributed by atoms with E-state index in [2.05, 4.69) is 29.6 Å². The van der Waals surface area contributed by atoms with E-state index >= 15 is 0 Å². The van der Waals surface area contributed by atoms with Gasteiger partial charge in [0.05, 0.1) is 19.0 Å². The number of ether oxygens (including phenoxy) is 1. The number of hydrogen-bond acceptors (Lipinski definition) is 4. The third-order valence-electron chi connectivity index (χ3n) is 1.46. The monoisotopic (exact) mass is 224 g/mol. The van der Waals surface area contributed by atoms with E-state index in [0.717, 1.165) is 5.69 Å². The van der Waals surface area contributed by atoms with E-state index in [9.17, 15) is 0 Å². The summed E-state index contributed by atoms with van der Waals surface area (Å²) in [5, 5.41) is 0. The van der Waals surface area contributed by atoms with Crippen LogP contribution in [0.4, 0.5) is 0 Å². The van der Waals surface area contributed by atoms with Crippen molar-refractivity contribution in [3.63, 3.8) is 0 Å². The molecule has 0 spiro atoms. The fourth-order valence-corrected chi connectivity index (χ4v) is 1.68. The fraction of sp³-hybridized carbons (Fsp3) is 0.400. The predicted octanol–water partition coefficient (Wildman–Crippen LogP) is 2.27. The van der Waals surface area contributed by atoms with Crippen molar-refractivity contribution in [2.75, 3.05) is 7.11 Å². The first-order valence-corrected chi connectivity index (χ1v) is 8.13. The van der Waals surface area contributed by atoms with Gasteiger partial charge in [0.1, 0.15) is 0 Å². The Morgan fingerprint density at radius 2 is 2.07 bits per heavy atom. The van der Waals surface area contributed by atoms with Crippen LogP contribution in [0.3, 0.4) is 0 Å². The lowest BCUT2D eigenvalue weighted by Gasteiger charge is -2.20. The van der Waals surface area contributed by atoms with Gasteiger partial charge < -0.3 is 9.16 Å². The first kappa shape index (κ1) is 11.7. The molecule has 4 nitrogen and oxygen atoms in total. The molecule has 0 aliphatic rings. The predicted molar refractivity (Wildman–Crippen MR) is 61.4 cm³/mol. The topological polar surface area (TPSA) is 44.2 Å². The minimum absolute atomic E-state index is 0.495. The molecule has 0 bridgehead atoms. The number of aromatic nitrogens is 2. The average molecular weight is 224 g/mol. The summed E-state index contributed by atoms with van der Waals surface area (Å²) in [6.07, 6.45) is 6.66. The summed E-state index contributed by atoms with van der Waals surface area (Å²) in [7, 11) is -0.0509. The molecule has 0 saturated carbocycles. The number of nitrogens with zero attached hydrogens (tertiary/aromatic N) is 2. The molecule has 15 heavy (non-hydrogen) atoms.